The average molecular weight is 407 g/mol. The Bertz CT molecular complexity index is 1100. The van der Waals surface area contributed by atoms with Crippen molar-refractivity contribution in [1.29, 1.82) is 0 Å². The molecule has 3 rings (SSSR count). The van der Waals surface area contributed by atoms with E-state index in [9.17, 15) is 18.4 Å². The van der Waals surface area contributed by atoms with Crippen LogP contribution in [0.5, 0.6) is 0 Å². The predicted molar refractivity (Wildman–Crippen MR) is 111 cm³/mol. The molecule has 0 atom stereocenters. The number of benzene rings is 3. The van der Waals surface area contributed by atoms with Gasteiger partial charge in [-0.1, -0.05) is 42.5 Å². The van der Waals surface area contributed by atoms with Gasteiger partial charge in [0.2, 0.25) is 0 Å². The summed E-state index contributed by atoms with van der Waals surface area (Å²) in [7, 11) is 0. The number of nitrogen functional groups attached to an aromatic ring is 1. The van der Waals surface area contributed by atoms with E-state index >= 15 is 0 Å². The third-order valence-electron chi connectivity index (χ3n) is 4.28. The lowest BCUT2D eigenvalue weighted by Gasteiger charge is -2.12. The second kappa shape index (κ2) is 9.47. The molecule has 7 heteroatoms. The number of rotatable bonds is 6. The fraction of sp³-hybridized carbons (Fsp3) is 0.0435. The highest BCUT2D eigenvalue weighted by Crippen LogP contribution is 2.13. The lowest BCUT2D eigenvalue weighted by molar-refractivity contribution is -0.117. The van der Waals surface area contributed by atoms with Gasteiger partial charge in [0.15, 0.2) is 11.6 Å². The van der Waals surface area contributed by atoms with Crippen LogP contribution >= 0.6 is 0 Å². The first-order valence-electron chi connectivity index (χ1n) is 9.09. The van der Waals surface area contributed by atoms with Crippen molar-refractivity contribution in [3.05, 3.63) is 107 Å². The molecule has 3 aromatic rings. The lowest BCUT2D eigenvalue weighted by Crippen LogP contribution is -2.34. The molecule has 0 heterocycles. The highest BCUT2D eigenvalue weighted by Gasteiger charge is 2.15. The van der Waals surface area contributed by atoms with Gasteiger partial charge >= 0.3 is 0 Å². The summed E-state index contributed by atoms with van der Waals surface area (Å²) in [4.78, 5) is 25.3. The van der Waals surface area contributed by atoms with E-state index in [-0.39, 0.29) is 17.8 Å². The fourth-order valence-corrected chi connectivity index (χ4v) is 2.68. The van der Waals surface area contributed by atoms with Crippen LogP contribution in [0.25, 0.3) is 6.08 Å². The Balaban J connectivity index is 1.85. The quantitative estimate of drug-likeness (QED) is 0.431. The summed E-state index contributed by atoms with van der Waals surface area (Å²) in [5, 5.41) is 5.20. The van der Waals surface area contributed by atoms with E-state index < -0.39 is 23.4 Å². The highest BCUT2D eigenvalue weighted by atomic mass is 19.2. The highest BCUT2D eigenvalue weighted by molar-refractivity contribution is 6.05. The van der Waals surface area contributed by atoms with E-state index in [0.717, 1.165) is 12.1 Å². The summed E-state index contributed by atoms with van der Waals surface area (Å²) in [6.45, 7) is 0.127. The number of anilines is 1. The zero-order valence-electron chi connectivity index (χ0n) is 15.9. The topological polar surface area (TPSA) is 84.2 Å². The number of halogens is 2. The van der Waals surface area contributed by atoms with Crippen molar-refractivity contribution in [1.82, 2.24) is 10.6 Å². The van der Waals surface area contributed by atoms with Crippen molar-refractivity contribution in [2.24, 2.45) is 0 Å². The third kappa shape index (κ3) is 5.29. The molecule has 0 saturated carbocycles. The van der Waals surface area contributed by atoms with Gasteiger partial charge in [0.1, 0.15) is 5.70 Å². The summed E-state index contributed by atoms with van der Waals surface area (Å²) in [6, 6.07) is 18.5. The predicted octanol–water partition coefficient (Wildman–Crippen LogP) is 3.63. The molecule has 0 unspecified atom stereocenters. The van der Waals surface area contributed by atoms with Gasteiger partial charge in [-0.25, -0.2) is 8.78 Å². The Hall–Kier alpha value is -4.00. The summed E-state index contributed by atoms with van der Waals surface area (Å²) in [5.41, 5.74) is 7.53. The Kier molecular flexibility index (Phi) is 6.54. The minimum atomic E-state index is -1.06. The standard InChI is InChI=1S/C23H19F2N3O2/c24-18-11-10-15(12-19(18)25)13-21(28-22(29)16-6-2-1-3-7-16)23(30)27-14-17-8-4-5-9-20(17)26/h1-13H,14,26H2,(H,27,30)(H,28,29)/b21-13-. The van der Waals surface area contributed by atoms with Crippen LogP contribution < -0.4 is 16.4 Å². The van der Waals surface area contributed by atoms with E-state index in [1.165, 1.54) is 12.1 Å². The number of nitrogens with two attached hydrogens (primary N) is 1. The maximum Gasteiger partial charge on any atom is 0.268 e. The van der Waals surface area contributed by atoms with Crippen LogP contribution in [0.4, 0.5) is 14.5 Å². The Morgan fingerprint density at radius 2 is 1.60 bits per heavy atom. The molecule has 2 amide bonds. The van der Waals surface area contributed by atoms with Crippen LogP contribution in [-0.4, -0.2) is 11.8 Å². The Labute approximate surface area is 172 Å². The molecule has 0 aromatic heterocycles. The van der Waals surface area contributed by atoms with Gasteiger partial charge in [-0.2, -0.15) is 0 Å². The molecule has 0 saturated heterocycles. The second-order valence-electron chi connectivity index (χ2n) is 6.43. The van der Waals surface area contributed by atoms with Gasteiger partial charge in [0.05, 0.1) is 0 Å². The van der Waals surface area contributed by atoms with E-state index in [4.69, 9.17) is 5.73 Å². The minimum Gasteiger partial charge on any atom is -0.398 e. The van der Waals surface area contributed by atoms with E-state index in [0.29, 0.717) is 16.8 Å². The molecule has 0 radical (unpaired) electrons. The molecule has 0 aliphatic rings. The number of carbonyl (C=O) groups is 2. The molecule has 3 aromatic carbocycles. The molecule has 5 nitrogen and oxygen atoms in total. The number of hydrogen-bond donors (Lipinski definition) is 3. The number of amides is 2. The van der Waals surface area contributed by atoms with Gasteiger partial charge in [-0.05, 0) is 47.5 Å². The number of nitrogens with one attached hydrogen (secondary N) is 2. The number of para-hydroxylation sites is 1. The van der Waals surface area contributed by atoms with Gasteiger partial charge in [-0.15, -0.1) is 0 Å². The molecule has 0 spiro atoms. The largest absolute Gasteiger partial charge is 0.398 e. The van der Waals surface area contributed by atoms with Crippen LogP contribution in [0.3, 0.4) is 0 Å². The first-order chi connectivity index (χ1) is 14.4. The minimum absolute atomic E-state index is 0.121. The van der Waals surface area contributed by atoms with Crippen molar-refractivity contribution < 1.29 is 18.4 Å². The lowest BCUT2D eigenvalue weighted by atomic mass is 10.1. The van der Waals surface area contributed by atoms with Crippen LogP contribution in [0, 0.1) is 11.6 Å². The zero-order valence-corrected chi connectivity index (χ0v) is 15.9. The van der Waals surface area contributed by atoms with E-state index in [1.807, 2.05) is 0 Å². The normalized spacial score (nSPS) is 11.1. The average Bonchev–Trinajstić information content (AvgIpc) is 2.75. The smallest absolute Gasteiger partial charge is 0.268 e. The van der Waals surface area contributed by atoms with Gasteiger partial charge < -0.3 is 16.4 Å². The molecular formula is C23H19F2N3O2. The Morgan fingerprint density at radius 3 is 2.30 bits per heavy atom. The summed E-state index contributed by atoms with van der Waals surface area (Å²) in [6.07, 6.45) is 1.27. The number of hydrogen-bond acceptors (Lipinski definition) is 3. The van der Waals surface area contributed by atoms with E-state index in [2.05, 4.69) is 10.6 Å². The maximum absolute atomic E-state index is 13.6. The molecule has 4 N–H and O–H groups in total. The summed E-state index contributed by atoms with van der Waals surface area (Å²) in [5.74, 6) is -3.19. The SMILES string of the molecule is Nc1ccccc1CNC(=O)/C(=C/c1ccc(F)c(F)c1)NC(=O)c1ccccc1. The van der Waals surface area contributed by atoms with Crippen LogP contribution in [0.2, 0.25) is 0 Å². The first kappa shape index (κ1) is 20.7. The second-order valence-corrected chi connectivity index (χ2v) is 6.43. The van der Waals surface area contributed by atoms with Crippen molar-refractivity contribution in [2.45, 2.75) is 6.54 Å². The first-order valence-corrected chi connectivity index (χ1v) is 9.09. The monoisotopic (exact) mass is 407 g/mol. The van der Waals surface area contributed by atoms with Gasteiger partial charge in [0, 0.05) is 17.8 Å². The Morgan fingerprint density at radius 1 is 0.900 bits per heavy atom. The van der Waals surface area contributed by atoms with Crippen LogP contribution in [0.15, 0.2) is 78.5 Å². The maximum atomic E-state index is 13.6. The molecule has 0 bridgehead atoms. The van der Waals surface area contributed by atoms with Crippen LogP contribution in [0.1, 0.15) is 21.5 Å². The molecule has 0 fully saturated rings. The van der Waals surface area contributed by atoms with Crippen molar-refractivity contribution >= 4 is 23.6 Å². The van der Waals surface area contributed by atoms with Gasteiger partial charge in [0.25, 0.3) is 11.8 Å². The summed E-state index contributed by atoms with van der Waals surface area (Å²) < 4.78 is 26.8. The molecule has 152 valence electrons. The molecule has 0 aliphatic carbocycles. The zero-order chi connectivity index (χ0) is 21.5. The molecular weight excluding hydrogens is 388 g/mol. The third-order valence-corrected chi connectivity index (χ3v) is 4.28. The molecule has 0 aliphatic heterocycles. The van der Waals surface area contributed by atoms with Crippen molar-refractivity contribution in [3.63, 3.8) is 0 Å². The molecule has 30 heavy (non-hydrogen) atoms. The van der Waals surface area contributed by atoms with Gasteiger partial charge in [-0.3, -0.25) is 9.59 Å². The van der Waals surface area contributed by atoms with E-state index in [1.54, 1.807) is 54.6 Å². The van der Waals surface area contributed by atoms with Crippen molar-refractivity contribution in [2.75, 3.05) is 5.73 Å². The van der Waals surface area contributed by atoms with Crippen molar-refractivity contribution in [3.8, 4) is 0 Å². The number of carbonyl (C=O) groups excluding carboxylic acids is 2. The van der Waals surface area contributed by atoms with Crippen LogP contribution in [-0.2, 0) is 11.3 Å². The fourth-order valence-electron chi connectivity index (χ4n) is 2.68. The summed E-state index contributed by atoms with van der Waals surface area (Å²) >= 11 is 0.